The van der Waals surface area contributed by atoms with Crippen molar-refractivity contribution in [3.63, 3.8) is 0 Å². The molecule has 2 atom stereocenters. The SMILES string of the molecule is C=N/C=C(/OC(F)F)[C@@]1(C)C(Br)N1C(=NCC)C(F)(F)F. The van der Waals surface area contributed by atoms with Crippen LogP contribution in [-0.4, -0.2) is 47.3 Å². The molecule has 1 aliphatic rings. The molecule has 0 aromatic heterocycles. The van der Waals surface area contributed by atoms with Crippen LogP contribution < -0.4 is 0 Å². The van der Waals surface area contributed by atoms with Crippen LogP contribution in [0.1, 0.15) is 13.8 Å². The number of nitrogens with zero attached hydrogens (tertiary/aromatic N) is 3. The Morgan fingerprint density at radius 1 is 1.52 bits per heavy atom. The molecule has 120 valence electrons. The number of amidine groups is 1. The summed E-state index contributed by atoms with van der Waals surface area (Å²) in [5.41, 5.74) is -1.47. The first-order chi connectivity index (χ1) is 9.60. The van der Waals surface area contributed by atoms with Crippen LogP contribution in [-0.2, 0) is 4.74 Å². The molecule has 0 aromatic carbocycles. The molecule has 10 heteroatoms. The molecule has 4 nitrogen and oxygen atoms in total. The molecule has 0 radical (unpaired) electrons. The summed E-state index contributed by atoms with van der Waals surface area (Å²) in [6.45, 7) is 2.55. The van der Waals surface area contributed by atoms with Gasteiger partial charge in [-0.2, -0.15) is 22.0 Å². The molecule has 0 aliphatic carbocycles. The van der Waals surface area contributed by atoms with Gasteiger partial charge in [0.25, 0.3) is 0 Å². The maximum absolute atomic E-state index is 13.0. The summed E-state index contributed by atoms with van der Waals surface area (Å²) in [6.07, 6.45) is -3.85. The lowest BCUT2D eigenvalue weighted by atomic mass is 10.1. The van der Waals surface area contributed by atoms with E-state index >= 15 is 0 Å². The quantitative estimate of drug-likeness (QED) is 0.140. The third-order valence-electron chi connectivity index (χ3n) is 2.84. The molecular weight excluding hydrogens is 365 g/mol. The fourth-order valence-corrected chi connectivity index (χ4v) is 2.77. The van der Waals surface area contributed by atoms with Crippen molar-refractivity contribution < 1.29 is 26.7 Å². The van der Waals surface area contributed by atoms with E-state index in [4.69, 9.17) is 0 Å². The van der Waals surface area contributed by atoms with Crippen molar-refractivity contribution in [2.75, 3.05) is 6.54 Å². The smallest absolute Gasteiger partial charge is 0.435 e. The van der Waals surface area contributed by atoms with Crippen molar-refractivity contribution in [2.24, 2.45) is 9.98 Å². The molecule has 0 N–H and O–H groups in total. The third kappa shape index (κ3) is 3.53. The predicted octanol–water partition coefficient (Wildman–Crippen LogP) is 3.54. The number of hydrogen-bond donors (Lipinski definition) is 0. The molecule has 1 fully saturated rings. The predicted molar refractivity (Wildman–Crippen MR) is 71.7 cm³/mol. The Bertz CT molecular complexity index is 465. The summed E-state index contributed by atoms with van der Waals surface area (Å²) >= 11 is 3.01. The Morgan fingerprint density at radius 2 is 2.10 bits per heavy atom. The molecule has 1 heterocycles. The van der Waals surface area contributed by atoms with E-state index in [2.05, 4.69) is 37.4 Å². The van der Waals surface area contributed by atoms with Crippen molar-refractivity contribution >= 4 is 28.5 Å². The molecule has 1 unspecified atom stereocenters. The van der Waals surface area contributed by atoms with E-state index in [1.165, 1.54) is 13.8 Å². The van der Waals surface area contributed by atoms with E-state index in [0.29, 0.717) is 0 Å². The Hall–Kier alpha value is -1.19. The largest absolute Gasteiger partial charge is 0.449 e. The number of hydrogen-bond acceptors (Lipinski definition) is 3. The lowest BCUT2D eigenvalue weighted by Crippen LogP contribution is -2.35. The molecule has 21 heavy (non-hydrogen) atoms. The molecule has 0 amide bonds. The molecule has 0 aromatic rings. The lowest BCUT2D eigenvalue weighted by molar-refractivity contribution is -0.103. The fraction of sp³-hybridized carbons (Fsp3) is 0.636. The second kappa shape index (κ2) is 6.29. The first-order valence-corrected chi connectivity index (χ1v) is 6.68. The van der Waals surface area contributed by atoms with Gasteiger partial charge in [0, 0.05) is 6.54 Å². The first kappa shape index (κ1) is 17.9. The Labute approximate surface area is 126 Å². The summed E-state index contributed by atoms with van der Waals surface area (Å²) in [5.74, 6) is -1.59. The zero-order chi connectivity index (χ0) is 16.4. The van der Waals surface area contributed by atoms with Crippen molar-refractivity contribution in [1.29, 1.82) is 0 Å². The lowest BCUT2D eigenvalue weighted by Gasteiger charge is -2.19. The van der Waals surface area contributed by atoms with Gasteiger partial charge in [0.2, 0.25) is 5.84 Å². The van der Waals surface area contributed by atoms with Crippen LogP contribution in [0, 0.1) is 0 Å². The minimum absolute atomic E-state index is 0.102. The van der Waals surface area contributed by atoms with Crippen molar-refractivity contribution in [1.82, 2.24) is 4.90 Å². The second-order valence-corrected chi connectivity index (χ2v) is 5.07. The number of ether oxygens (including phenoxy) is 1. The van der Waals surface area contributed by atoms with E-state index in [1.54, 1.807) is 0 Å². The van der Waals surface area contributed by atoms with Crippen LogP contribution in [0.15, 0.2) is 21.9 Å². The summed E-state index contributed by atoms with van der Waals surface area (Å²) in [7, 11) is 0. The Kier molecular flexibility index (Phi) is 5.35. The van der Waals surface area contributed by atoms with Gasteiger partial charge in [-0.15, -0.1) is 0 Å². The third-order valence-corrected chi connectivity index (χ3v) is 4.14. The van der Waals surface area contributed by atoms with Gasteiger partial charge in [-0.05, 0) is 20.6 Å². The molecule has 0 saturated carbocycles. The summed E-state index contributed by atoms with van der Waals surface area (Å²) in [6, 6.07) is 0. The molecule has 1 saturated heterocycles. The van der Waals surface area contributed by atoms with Crippen LogP contribution >= 0.6 is 15.9 Å². The number of halogens is 6. The van der Waals surface area contributed by atoms with E-state index in [9.17, 15) is 22.0 Å². The highest BCUT2D eigenvalue weighted by atomic mass is 79.9. The minimum Gasteiger partial charge on any atom is -0.435 e. The standard InChI is InChI=1S/C11H13BrF5N3O/c1-4-19-8(11(15,16)17)20-7(12)10(20,2)6(5-18-3)21-9(13)14/h5,7,9H,3-4H2,1-2H3/b6-5+,19-8?/t7?,10-,20?/m0/s1. The van der Waals surface area contributed by atoms with E-state index in [1.807, 2.05) is 0 Å². The highest BCUT2D eigenvalue weighted by Crippen LogP contribution is 2.53. The highest BCUT2D eigenvalue weighted by Gasteiger charge is 2.67. The summed E-state index contributed by atoms with van der Waals surface area (Å²) < 4.78 is 68.0. The van der Waals surface area contributed by atoms with Crippen LogP contribution in [0.25, 0.3) is 0 Å². The van der Waals surface area contributed by atoms with Gasteiger partial charge in [-0.25, -0.2) is 0 Å². The molecule has 1 aliphatic heterocycles. The van der Waals surface area contributed by atoms with Gasteiger partial charge in [0.15, 0.2) is 0 Å². The van der Waals surface area contributed by atoms with Gasteiger partial charge >= 0.3 is 12.8 Å². The number of aliphatic imine (C=N–C) groups is 2. The van der Waals surface area contributed by atoms with Crippen molar-refractivity contribution in [2.45, 2.75) is 37.1 Å². The number of rotatable bonds is 5. The fourth-order valence-electron chi connectivity index (χ4n) is 1.82. The maximum atomic E-state index is 13.0. The average Bonchev–Trinajstić information content (AvgIpc) is 2.88. The van der Waals surface area contributed by atoms with Crippen molar-refractivity contribution in [3.05, 3.63) is 12.0 Å². The van der Waals surface area contributed by atoms with Gasteiger partial charge < -0.3 is 9.64 Å². The molecule has 1 rings (SSSR count). The van der Waals surface area contributed by atoms with Crippen LogP contribution in [0.5, 0.6) is 0 Å². The first-order valence-electron chi connectivity index (χ1n) is 5.77. The Balaban J connectivity index is 3.16. The van der Waals surface area contributed by atoms with E-state index in [0.717, 1.165) is 11.1 Å². The van der Waals surface area contributed by atoms with E-state index in [-0.39, 0.29) is 6.54 Å². The van der Waals surface area contributed by atoms with Crippen molar-refractivity contribution in [3.8, 4) is 0 Å². The topological polar surface area (TPSA) is 37.0 Å². The monoisotopic (exact) mass is 377 g/mol. The highest BCUT2D eigenvalue weighted by molar-refractivity contribution is 9.09. The number of alkyl halides is 6. The Morgan fingerprint density at radius 3 is 2.48 bits per heavy atom. The zero-order valence-corrected chi connectivity index (χ0v) is 12.7. The summed E-state index contributed by atoms with van der Waals surface area (Å²) in [4.78, 5) is 6.59. The van der Waals surface area contributed by atoms with Crippen LogP contribution in [0.4, 0.5) is 22.0 Å². The van der Waals surface area contributed by atoms with Gasteiger partial charge in [-0.1, -0.05) is 15.9 Å². The zero-order valence-electron chi connectivity index (χ0n) is 11.2. The normalized spacial score (nSPS) is 27.1. The average molecular weight is 378 g/mol. The second-order valence-electron chi connectivity index (χ2n) is 4.20. The van der Waals surface area contributed by atoms with Gasteiger partial charge in [-0.3, -0.25) is 9.98 Å². The molecule has 0 spiro atoms. The molecule has 0 bridgehead atoms. The van der Waals surface area contributed by atoms with Gasteiger partial charge in [0.1, 0.15) is 16.2 Å². The van der Waals surface area contributed by atoms with Gasteiger partial charge in [0.05, 0.1) is 6.20 Å². The molecular formula is C11H13BrF5N3O. The van der Waals surface area contributed by atoms with Crippen LogP contribution in [0.3, 0.4) is 0 Å². The minimum atomic E-state index is -4.71. The van der Waals surface area contributed by atoms with Crippen LogP contribution in [0.2, 0.25) is 0 Å². The van der Waals surface area contributed by atoms with E-state index < -0.39 is 34.9 Å². The summed E-state index contributed by atoms with van der Waals surface area (Å²) in [5, 5.41) is 0. The maximum Gasteiger partial charge on any atom is 0.449 e.